The monoisotopic (exact) mass is 397 g/mol. The van der Waals surface area contributed by atoms with Gasteiger partial charge in [-0.3, -0.25) is 4.79 Å². The van der Waals surface area contributed by atoms with Crippen molar-refractivity contribution in [3.8, 4) is 5.88 Å². The highest BCUT2D eigenvalue weighted by atomic mass is 16.5. The minimum Gasteiger partial charge on any atom is -0.474 e. The van der Waals surface area contributed by atoms with Crippen LogP contribution in [0.1, 0.15) is 47.6 Å². The lowest BCUT2D eigenvalue weighted by Gasteiger charge is -2.28. The van der Waals surface area contributed by atoms with Crippen molar-refractivity contribution in [1.82, 2.24) is 20.3 Å². The van der Waals surface area contributed by atoms with Crippen LogP contribution in [-0.4, -0.2) is 53.3 Å². The lowest BCUT2D eigenvalue weighted by Crippen LogP contribution is -2.37. The van der Waals surface area contributed by atoms with Crippen LogP contribution >= 0.6 is 0 Å². The molecule has 154 valence electrons. The van der Waals surface area contributed by atoms with E-state index < -0.39 is 0 Å². The van der Waals surface area contributed by atoms with E-state index in [0.29, 0.717) is 30.5 Å². The summed E-state index contributed by atoms with van der Waals surface area (Å²) >= 11 is 0. The van der Waals surface area contributed by atoms with Gasteiger partial charge in [0.1, 0.15) is 17.7 Å². The first-order valence-corrected chi connectivity index (χ1v) is 10.3. The van der Waals surface area contributed by atoms with Gasteiger partial charge in [-0.2, -0.15) is 0 Å². The Morgan fingerprint density at radius 2 is 2.03 bits per heavy atom. The summed E-state index contributed by atoms with van der Waals surface area (Å²) in [5, 5.41) is 2.88. The molecule has 8 heteroatoms. The molecule has 0 radical (unpaired) electrons. The Labute approximate surface area is 170 Å². The van der Waals surface area contributed by atoms with E-state index in [1.54, 1.807) is 18.3 Å². The fourth-order valence-corrected chi connectivity index (χ4v) is 3.67. The molecule has 0 unspecified atom stereocenters. The third kappa shape index (κ3) is 5.20. The summed E-state index contributed by atoms with van der Waals surface area (Å²) in [6.07, 6.45) is 6.37. The largest absolute Gasteiger partial charge is 0.474 e. The van der Waals surface area contributed by atoms with Gasteiger partial charge >= 0.3 is 0 Å². The number of ether oxygens (including phenoxy) is 2. The minimum atomic E-state index is -0.206. The van der Waals surface area contributed by atoms with Crippen LogP contribution in [0.4, 0.5) is 5.82 Å². The molecular weight excluding hydrogens is 370 g/mol. The smallest absolute Gasteiger partial charge is 0.253 e. The SMILES string of the molecule is Cc1cc(N2CCOCC2)nc(CNC(=O)c2ccc(OC3CCCC3)nc2)n1. The Balaban J connectivity index is 1.34. The zero-order valence-corrected chi connectivity index (χ0v) is 16.8. The number of aryl methyl sites for hydroxylation is 1. The molecule has 2 aromatic rings. The molecule has 29 heavy (non-hydrogen) atoms. The van der Waals surface area contributed by atoms with Crippen LogP contribution in [0.25, 0.3) is 0 Å². The molecule has 2 fully saturated rings. The highest BCUT2D eigenvalue weighted by molar-refractivity contribution is 5.93. The lowest BCUT2D eigenvalue weighted by atomic mass is 10.2. The van der Waals surface area contributed by atoms with Crippen LogP contribution in [0, 0.1) is 6.92 Å². The Bertz CT molecular complexity index is 831. The predicted molar refractivity (Wildman–Crippen MR) is 108 cm³/mol. The van der Waals surface area contributed by atoms with Crippen LogP contribution in [0.15, 0.2) is 24.4 Å². The van der Waals surface area contributed by atoms with Gasteiger partial charge < -0.3 is 19.7 Å². The normalized spacial score (nSPS) is 17.3. The van der Waals surface area contributed by atoms with E-state index >= 15 is 0 Å². The topological polar surface area (TPSA) is 89.5 Å². The zero-order chi connectivity index (χ0) is 20.1. The minimum absolute atomic E-state index is 0.206. The van der Waals surface area contributed by atoms with Crippen molar-refractivity contribution in [3.05, 3.63) is 41.5 Å². The average Bonchev–Trinajstić information content (AvgIpc) is 3.26. The molecule has 3 heterocycles. The van der Waals surface area contributed by atoms with E-state index in [4.69, 9.17) is 9.47 Å². The maximum atomic E-state index is 12.5. The van der Waals surface area contributed by atoms with Crippen molar-refractivity contribution in [3.63, 3.8) is 0 Å². The molecule has 1 saturated heterocycles. The zero-order valence-electron chi connectivity index (χ0n) is 16.8. The number of hydrogen-bond acceptors (Lipinski definition) is 7. The Hall–Kier alpha value is -2.74. The van der Waals surface area contributed by atoms with Crippen molar-refractivity contribution < 1.29 is 14.3 Å². The molecule has 4 rings (SSSR count). The molecule has 2 aromatic heterocycles. The first-order valence-electron chi connectivity index (χ1n) is 10.3. The number of hydrogen-bond donors (Lipinski definition) is 1. The fourth-order valence-electron chi connectivity index (χ4n) is 3.67. The Morgan fingerprint density at radius 1 is 1.24 bits per heavy atom. The molecule has 0 atom stereocenters. The lowest BCUT2D eigenvalue weighted by molar-refractivity contribution is 0.0949. The number of aromatic nitrogens is 3. The molecule has 8 nitrogen and oxygen atoms in total. The van der Waals surface area contributed by atoms with Gasteiger partial charge in [0.05, 0.1) is 25.3 Å². The van der Waals surface area contributed by atoms with E-state index in [-0.39, 0.29) is 18.6 Å². The summed E-state index contributed by atoms with van der Waals surface area (Å²) in [6.45, 7) is 5.21. The van der Waals surface area contributed by atoms with Crippen LogP contribution in [0.5, 0.6) is 5.88 Å². The van der Waals surface area contributed by atoms with Gasteiger partial charge in [-0.05, 0) is 38.7 Å². The van der Waals surface area contributed by atoms with Crippen LogP contribution in [-0.2, 0) is 11.3 Å². The van der Waals surface area contributed by atoms with Gasteiger partial charge in [0.15, 0.2) is 0 Å². The van der Waals surface area contributed by atoms with Crippen molar-refractivity contribution in [2.45, 2.75) is 45.3 Å². The first-order chi connectivity index (χ1) is 14.2. The number of pyridine rings is 1. The third-order valence-corrected chi connectivity index (χ3v) is 5.22. The molecule has 0 spiro atoms. The van der Waals surface area contributed by atoms with Crippen LogP contribution < -0.4 is 15.0 Å². The molecule has 1 aliphatic carbocycles. The van der Waals surface area contributed by atoms with Gasteiger partial charge in [-0.25, -0.2) is 15.0 Å². The quantitative estimate of drug-likeness (QED) is 0.800. The number of anilines is 1. The van der Waals surface area contributed by atoms with Crippen molar-refractivity contribution in [2.75, 3.05) is 31.2 Å². The summed E-state index contributed by atoms with van der Waals surface area (Å²) in [6, 6.07) is 5.46. The molecule has 1 amide bonds. The molecular formula is C21H27N5O3. The van der Waals surface area contributed by atoms with Gasteiger partial charge in [-0.15, -0.1) is 0 Å². The summed E-state index contributed by atoms with van der Waals surface area (Å²) in [4.78, 5) is 28.0. The number of rotatable bonds is 6. The first kappa shape index (κ1) is 19.6. The number of carbonyl (C=O) groups is 1. The third-order valence-electron chi connectivity index (χ3n) is 5.22. The van der Waals surface area contributed by atoms with Gasteiger partial charge in [-0.1, -0.05) is 0 Å². The van der Waals surface area contributed by atoms with E-state index in [0.717, 1.165) is 37.4 Å². The maximum Gasteiger partial charge on any atom is 0.253 e. The summed E-state index contributed by atoms with van der Waals surface area (Å²) in [7, 11) is 0. The number of nitrogens with zero attached hydrogens (tertiary/aromatic N) is 4. The van der Waals surface area contributed by atoms with E-state index in [9.17, 15) is 4.79 Å². The molecule has 1 N–H and O–H groups in total. The molecule has 2 aliphatic rings. The molecule has 0 aromatic carbocycles. The second-order valence-electron chi connectivity index (χ2n) is 7.48. The number of amides is 1. The van der Waals surface area contributed by atoms with Crippen LogP contribution in [0.2, 0.25) is 0 Å². The fraction of sp³-hybridized carbons (Fsp3) is 0.524. The van der Waals surface area contributed by atoms with E-state index in [1.165, 1.54) is 12.8 Å². The second-order valence-corrected chi connectivity index (χ2v) is 7.48. The van der Waals surface area contributed by atoms with Gasteiger partial charge in [0, 0.05) is 37.1 Å². The number of morpholine rings is 1. The highest BCUT2D eigenvalue weighted by Crippen LogP contribution is 2.23. The van der Waals surface area contributed by atoms with Gasteiger partial charge in [0.25, 0.3) is 5.91 Å². The average molecular weight is 397 g/mol. The summed E-state index contributed by atoms with van der Waals surface area (Å²) in [5.41, 5.74) is 1.37. The van der Waals surface area contributed by atoms with E-state index in [2.05, 4.69) is 25.2 Å². The maximum absolute atomic E-state index is 12.5. The number of nitrogens with one attached hydrogen (secondary N) is 1. The Morgan fingerprint density at radius 3 is 2.76 bits per heavy atom. The Kier molecular flexibility index (Phi) is 6.19. The number of carbonyl (C=O) groups excluding carboxylic acids is 1. The second kappa shape index (κ2) is 9.17. The molecule has 1 aliphatic heterocycles. The standard InChI is InChI=1S/C21H27N5O3/c1-15-12-19(26-8-10-28-11-9-26)25-18(24-15)14-23-21(27)16-6-7-20(22-13-16)29-17-4-2-3-5-17/h6-7,12-13,17H,2-5,8-11,14H2,1H3,(H,23,27). The van der Waals surface area contributed by atoms with E-state index in [1.807, 2.05) is 13.0 Å². The van der Waals surface area contributed by atoms with Crippen molar-refractivity contribution in [1.29, 1.82) is 0 Å². The molecule has 0 bridgehead atoms. The summed E-state index contributed by atoms with van der Waals surface area (Å²) in [5.74, 6) is 1.84. The van der Waals surface area contributed by atoms with Crippen molar-refractivity contribution in [2.24, 2.45) is 0 Å². The summed E-state index contributed by atoms with van der Waals surface area (Å²) < 4.78 is 11.2. The highest BCUT2D eigenvalue weighted by Gasteiger charge is 2.18. The van der Waals surface area contributed by atoms with Gasteiger partial charge in [0.2, 0.25) is 5.88 Å². The van der Waals surface area contributed by atoms with Crippen LogP contribution in [0.3, 0.4) is 0 Å². The van der Waals surface area contributed by atoms with Crippen molar-refractivity contribution >= 4 is 11.7 Å². The predicted octanol–water partition coefficient (Wildman–Crippen LogP) is 2.27. The molecule has 1 saturated carbocycles.